The van der Waals surface area contributed by atoms with Crippen LogP contribution in [0.2, 0.25) is 5.02 Å². The van der Waals surface area contributed by atoms with Crippen molar-refractivity contribution in [1.82, 2.24) is 20.7 Å². The molecule has 0 unspecified atom stereocenters. The fraction of sp³-hybridized carbons (Fsp3) is 0.188. The lowest BCUT2D eigenvalue weighted by atomic mass is 10.2. The summed E-state index contributed by atoms with van der Waals surface area (Å²) in [6.45, 7) is 2.05. The average molecular weight is 346 g/mol. The maximum atomic E-state index is 11.9. The van der Waals surface area contributed by atoms with E-state index in [1.165, 1.54) is 18.6 Å². The van der Waals surface area contributed by atoms with Crippen LogP contribution in [0.15, 0.2) is 48.0 Å². The predicted octanol–water partition coefficient (Wildman–Crippen LogP) is 1.94. The lowest BCUT2D eigenvalue weighted by Crippen LogP contribution is -2.26. The first-order chi connectivity index (χ1) is 11.5. The number of rotatable bonds is 6. The lowest BCUT2D eigenvalue weighted by Gasteiger charge is -2.06. The van der Waals surface area contributed by atoms with Gasteiger partial charge in [-0.25, -0.2) is 10.4 Å². The maximum absolute atomic E-state index is 11.9. The minimum Gasteiger partial charge on any atom is -0.352 e. The van der Waals surface area contributed by atoms with E-state index in [0.29, 0.717) is 17.3 Å². The third-order valence-electron chi connectivity index (χ3n) is 2.96. The second-order valence-corrected chi connectivity index (χ2v) is 5.40. The number of carbonyl (C=O) groups is 2. The molecule has 1 heterocycles. The molecule has 1 aromatic carbocycles. The number of nitrogens with zero attached hydrogens (tertiary/aromatic N) is 3. The molecule has 0 saturated heterocycles. The molecule has 24 heavy (non-hydrogen) atoms. The van der Waals surface area contributed by atoms with Crippen molar-refractivity contribution < 1.29 is 9.59 Å². The van der Waals surface area contributed by atoms with Crippen LogP contribution in [0, 0.1) is 0 Å². The van der Waals surface area contributed by atoms with Crippen molar-refractivity contribution in [3.8, 4) is 0 Å². The van der Waals surface area contributed by atoms with Crippen LogP contribution in [0.1, 0.15) is 29.4 Å². The van der Waals surface area contributed by atoms with Crippen LogP contribution >= 0.6 is 11.6 Å². The quantitative estimate of drug-likeness (QED) is 0.617. The van der Waals surface area contributed by atoms with E-state index in [-0.39, 0.29) is 18.0 Å². The number of carbonyl (C=O) groups excluding carboxylic acids is 2. The molecule has 0 bridgehead atoms. The van der Waals surface area contributed by atoms with Crippen LogP contribution in [-0.4, -0.2) is 27.5 Å². The molecule has 0 fully saturated rings. The number of hydrogen-bond acceptors (Lipinski definition) is 5. The Morgan fingerprint density at radius 2 is 1.96 bits per heavy atom. The Kier molecular flexibility index (Phi) is 6.39. The minimum absolute atomic E-state index is 0.0777. The summed E-state index contributed by atoms with van der Waals surface area (Å²) in [5.74, 6) is -0.677. The summed E-state index contributed by atoms with van der Waals surface area (Å²) in [5.41, 5.74) is 3.91. The number of hydrogen-bond donors (Lipinski definition) is 2. The average Bonchev–Trinajstić information content (AvgIpc) is 2.60. The number of nitrogens with one attached hydrogen (secondary N) is 2. The van der Waals surface area contributed by atoms with Crippen molar-refractivity contribution in [1.29, 1.82) is 0 Å². The number of aromatic nitrogens is 2. The molecule has 7 nitrogen and oxygen atoms in total. The molecule has 0 spiro atoms. The second-order valence-electron chi connectivity index (χ2n) is 4.96. The van der Waals surface area contributed by atoms with Crippen molar-refractivity contribution in [3.05, 3.63) is 59.1 Å². The van der Waals surface area contributed by atoms with E-state index in [1.807, 2.05) is 12.1 Å². The van der Waals surface area contributed by atoms with Crippen LogP contribution in [0.4, 0.5) is 0 Å². The molecule has 0 aliphatic heterocycles. The van der Waals surface area contributed by atoms with Crippen LogP contribution in [0.3, 0.4) is 0 Å². The molecule has 0 aliphatic rings. The van der Waals surface area contributed by atoms with Gasteiger partial charge in [-0.1, -0.05) is 23.7 Å². The van der Waals surface area contributed by atoms with Crippen LogP contribution < -0.4 is 10.7 Å². The number of benzene rings is 1. The molecule has 1 aromatic heterocycles. The van der Waals surface area contributed by atoms with Gasteiger partial charge in [0.25, 0.3) is 5.91 Å². The zero-order valence-electron chi connectivity index (χ0n) is 13.0. The first-order valence-corrected chi connectivity index (χ1v) is 7.53. The summed E-state index contributed by atoms with van der Waals surface area (Å²) in [6.07, 6.45) is 4.29. The molecule has 0 atom stereocenters. The molecular weight excluding hydrogens is 330 g/mol. The van der Waals surface area contributed by atoms with Gasteiger partial charge in [-0.3, -0.25) is 14.6 Å². The molecule has 2 rings (SSSR count). The van der Waals surface area contributed by atoms with E-state index in [9.17, 15) is 9.59 Å². The summed E-state index contributed by atoms with van der Waals surface area (Å²) >= 11 is 5.80. The van der Waals surface area contributed by atoms with Gasteiger partial charge in [0.1, 0.15) is 5.69 Å². The van der Waals surface area contributed by atoms with Gasteiger partial charge >= 0.3 is 0 Å². The molecule has 2 amide bonds. The fourth-order valence-corrected chi connectivity index (χ4v) is 1.88. The van der Waals surface area contributed by atoms with Gasteiger partial charge in [0.05, 0.1) is 12.6 Å². The Morgan fingerprint density at radius 1 is 1.21 bits per heavy atom. The first kappa shape index (κ1) is 17.6. The highest BCUT2D eigenvalue weighted by Gasteiger charge is 2.07. The Labute approximate surface area is 144 Å². The summed E-state index contributed by atoms with van der Waals surface area (Å²) < 4.78 is 0. The Hall–Kier alpha value is -2.80. The Balaban J connectivity index is 1.78. The number of hydrazone groups is 1. The molecule has 2 aromatic rings. The van der Waals surface area contributed by atoms with Gasteiger partial charge in [-0.15, -0.1) is 0 Å². The van der Waals surface area contributed by atoms with Crippen molar-refractivity contribution in [2.24, 2.45) is 5.10 Å². The van der Waals surface area contributed by atoms with Crippen molar-refractivity contribution >= 4 is 29.1 Å². The lowest BCUT2D eigenvalue weighted by molar-refractivity contribution is -0.120. The SMILES string of the molecule is CC(CC(=O)NCc1ccc(Cl)cc1)=NNC(=O)c1cnccn1. The van der Waals surface area contributed by atoms with Gasteiger partial charge in [0.15, 0.2) is 0 Å². The molecule has 0 aliphatic carbocycles. The Bertz CT molecular complexity index is 732. The fourth-order valence-electron chi connectivity index (χ4n) is 1.76. The van der Waals surface area contributed by atoms with Gasteiger partial charge in [0, 0.05) is 29.7 Å². The highest BCUT2D eigenvalue weighted by atomic mass is 35.5. The standard InChI is InChI=1S/C16H16ClN5O2/c1-11(21-22-16(24)14-10-18-6-7-19-14)8-15(23)20-9-12-2-4-13(17)5-3-12/h2-7,10H,8-9H2,1H3,(H,20,23)(H,22,24). The van der Waals surface area contributed by atoms with E-state index < -0.39 is 5.91 Å². The maximum Gasteiger partial charge on any atom is 0.291 e. The molecule has 0 saturated carbocycles. The van der Waals surface area contributed by atoms with Crippen molar-refractivity contribution in [2.75, 3.05) is 0 Å². The van der Waals surface area contributed by atoms with E-state index in [0.717, 1.165) is 5.56 Å². The van der Waals surface area contributed by atoms with Gasteiger partial charge in [-0.05, 0) is 24.6 Å². The number of halogens is 1. The molecule has 0 radical (unpaired) electrons. The van der Waals surface area contributed by atoms with E-state index >= 15 is 0 Å². The van der Waals surface area contributed by atoms with Gasteiger partial charge in [-0.2, -0.15) is 5.10 Å². The largest absolute Gasteiger partial charge is 0.352 e. The predicted molar refractivity (Wildman–Crippen MR) is 90.5 cm³/mol. The topological polar surface area (TPSA) is 96.3 Å². The van der Waals surface area contributed by atoms with Crippen molar-refractivity contribution in [3.63, 3.8) is 0 Å². The van der Waals surface area contributed by atoms with Crippen LogP contribution in [0.25, 0.3) is 0 Å². The van der Waals surface area contributed by atoms with Crippen LogP contribution in [-0.2, 0) is 11.3 Å². The number of amides is 2. The zero-order chi connectivity index (χ0) is 17.4. The second kappa shape index (κ2) is 8.73. The molecule has 124 valence electrons. The van der Waals surface area contributed by atoms with Gasteiger partial charge < -0.3 is 5.32 Å². The monoisotopic (exact) mass is 345 g/mol. The summed E-state index contributed by atoms with van der Waals surface area (Å²) in [6, 6.07) is 7.20. The van der Waals surface area contributed by atoms with Gasteiger partial charge in [0.2, 0.25) is 5.91 Å². The third-order valence-corrected chi connectivity index (χ3v) is 3.22. The zero-order valence-corrected chi connectivity index (χ0v) is 13.7. The normalized spacial score (nSPS) is 11.0. The Morgan fingerprint density at radius 3 is 2.62 bits per heavy atom. The molecule has 2 N–H and O–H groups in total. The molecule has 8 heteroatoms. The molecular formula is C16H16ClN5O2. The minimum atomic E-state index is -0.482. The van der Waals surface area contributed by atoms with Crippen LogP contribution in [0.5, 0.6) is 0 Å². The summed E-state index contributed by atoms with van der Waals surface area (Å²) in [4.78, 5) is 31.2. The van der Waals surface area contributed by atoms with Crippen molar-refractivity contribution in [2.45, 2.75) is 19.9 Å². The third kappa shape index (κ3) is 5.77. The van der Waals surface area contributed by atoms with E-state index in [2.05, 4.69) is 25.8 Å². The highest BCUT2D eigenvalue weighted by Crippen LogP contribution is 2.09. The summed E-state index contributed by atoms with van der Waals surface area (Å²) in [7, 11) is 0. The highest BCUT2D eigenvalue weighted by molar-refractivity contribution is 6.30. The summed E-state index contributed by atoms with van der Waals surface area (Å²) in [5, 5.41) is 7.29. The first-order valence-electron chi connectivity index (χ1n) is 7.15. The smallest absolute Gasteiger partial charge is 0.291 e. The van der Waals surface area contributed by atoms with E-state index in [1.54, 1.807) is 19.1 Å². The van der Waals surface area contributed by atoms with E-state index in [4.69, 9.17) is 11.6 Å².